The number of aromatic nitrogens is 1. The number of ether oxygens (including phenoxy) is 2. The second-order valence-corrected chi connectivity index (χ2v) is 4.84. The summed E-state index contributed by atoms with van der Waals surface area (Å²) in [5.41, 5.74) is 1.29. The highest BCUT2D eigenvalue weighted by Gasteiger charge is 2.21. The van der Waals surface area contributed by atoms with Gasteiger partial charge in [-0.1, -0.05) is 0 Å². The number of rotatable bonds is 3. The zero-order valence-electron chi connectivity index (χ0n) is 11.8. The third-order valence-electron chi connectivity index (χ3n) is 3.62. The standard InChI is InChI=1S/C15H18N2O4/c1-20-12-4-2-11(3-5-12)17-14(18)10-13(15(17)19)16-6-8-21-9-7-16/h2-5,10,18-19H,6-9H2,1H3. The summed E-state index contributed by atoms with van der Waals surface area (Å²) in [5, 5.41) is 20.6. The van der Waals surface area contributed by atoms with E-state index in [2.05, 4.69) is 0 Å². The van der Waals surface area contributed by atoms with Crippen molar-refractivity contribution in [3.05, 3.63) is 30.3 Å². The van der Waals surface area contributed by atoms with Gasteiger partial charge in [0.1, 0.15) is 11.4 Å². The van der Waals surface area contributed by atoms with E-state index >= 15 is 0 Å². The van der Waals surface area contributed by atoms with Gasteiger partial charge >= 0.3 is 0 Å². The van der Waals surface area contributed by atoms with E-state index in [9.17, 15) is 10.2 Å². The molecule has 1 fully saturated rings. The van der Waals surface area contributed by atoms with Gasteiger partial charge in [0, 0.05) is 19.2 Å². The number of morpholine rings is 1. The summed E-state index contributed by atoms with van der Waals surface area (Å²) in [6.07, 6.45) is 0. The van der Waals surface area contributed by atoms with Crippen LogP contribution < -0.4 is 9.64 Å². The fourth-order valence-electron chi connectivity index (χ4n) is 2.50. The second-order valence-electron chi connectivity index (χ2n) is 4.84. The van der Waals surface area contributed by atoms with Crippen LogP contribution in [0.15, 0.2) is 30.3 Å². The van der Waals surface area contributed by atoms with Crippen LogP contribution in [0.5, 0.6) is 17.5 Å². The Kier molecular flexibility index (Phi) is 3.62. The SMILES string of the molecule is COc1ccc(-n2c(O)cc(N3CCOCC3)c2O)cc1. The monoisotopic (exact) mass is 290 g/mol. The molecule has 112 valence electrons. The molecule has 1 aromatic heterocycles. The highest BCUT2D eigenvalue weighted by Crippen LogP contribution is 2.38. The molecule has 2 N–H and O–H groups in total. The largest absolute Gasteiger partial charge is 0.497 e. The topological polar surface area (TPSA) is 67.1 Å². The van der Waals surface area contributed by atoms with Crippen molar-refractivity contribution < 1.29 is 19.7 Å². The van der Waals surface area contributed by atoms with Gasteiger partial charge in [-0.05, 0) is 24.3 Å². The van der Waals surface area contributed by atoms with Crippen molar-refractivity contribution in [1.82, 2.24) is 4.57 Å². The minimum Gasteiger partial charge on any atom is -0.497 e. The highest BCUT2D eigenvalue weighted by atomic mass is 16.5. The maximum absolute atomic E-state index is 10.4. The molecule has 2 aromatic rings. The first-order valence-corrected chi connectivity index (χ1v) is 6.81. The molecule has 3 rings (SSSR count). The molecule has 1 aliphatic heterocycles. The fourth-order valence-corrected chi connectivity index (χ4v) is 2.50. The van der Waals surface area contributed by atoms with Crippen molar-refractivity contribution in [3.63, 3.8) is 0 Å². The molecule has 1 saturated heterocycles. The first kappa shape index (κ1) is 13.6. The van der Waals surface area contributed by atoms with Crippen LogP contribution in [0.25, 0.3) is 5.69 Å². The third kappa shape index (κ3) is 2.50. The molecule has 21 heavy (non-hydrogen) atoms. The Labute approximate surface area is 122 Å². The maximum atomic E-state index is 10.4. The molecule has 0 amide bonds. The molecule has 0 bridgehead atoms. The summed E-state index contributed by atoms with van der Waals surface area (Å²) in [6.45, 7) is 2.63. The number of nitrogens with zero attached hydrogens (tertiary/aromatic N) is 2. The fraction of sp³-hybridized carbons (Fsp3) is 0.333. The predicted octanol–water partition coefficient (Wildman–Crippen LogP) is 1.73. The molecule has 0 saturated carbocycles. The number of aromatic hydroxyl groups is 2. The van der Waals surface area contributed by atoms with E-state index < -0.39 is 0 Å². The van der Waals surface area contributed by atoms with Crippen molar-refractivity contribution >= 4 is 5.69 Å². The Bertz CT molecular complexity index is 615. The van der Waals surface area contributed by atoms with Gasteiger partial charge in [-0.25, -0.2) is 4.57 Å². The van der Waals surface area contributed by atoms with Gasteiger partial charge < -0.3 is 24.6 Å². The van der Waals surface area contributed by atoms with Crippen LogP contribution in [0.4, 0.5) is 5.69 Å². The van der Waals surface area contributed by atoms with E-state index in [1.54, 1.807) is 37.4 Å². The van der Waals surface area contributed by atoms with Gasteiger partial charge in [-0.2, -0.15) is 0 Å². The van der Waals surface area contributed by atoms with E-state index in [-0.39, 0.29) is 11.8 Å². The maximum Gasteiger partial charge on any atom is 0.223 e. The summed E-state index contributed by atoms with van der Waals surface area (Å²) >= 11 is 0. The number of hydrogen-bond acceptors (Lipinski definition) is 5. The normalized spacial score (nSPS) is 15.2. The number of methoxy groups -OCH3 is 1. The minimum absolute atomic E-state index is 0.000779. The third-order valence-corrected chi connectivity index (χ3v) is 3.62. The van der Waals surface area contributed by atoms with Crippen molar-refractivity contribution in [1.29, 1.82) is 0 Å². The van der Waals surface area contributed by atoms with Crippen LogP contribution in [0.2, 0.25) is 0 Å². The summed E-state index contributed by atoms with van der Waals surface area (Å²) in [7, 11) is 1.59. The summed E-state index contributed by atoms with van der Waals surface area (Å²) in [5.74, 6) is 0.747. The average Bonchev–Trinajstić information content (AvgIpc) is 2.83. The van der Waals surface area contributed by atoms with E-state index in [1.165, 1.54) is 4.57 Å². The van der Waals surface area contributed by atoms with Crippen LogP contribution in [0, 0.1) is 0 Å². The molecule has 1 aromatic carbocycles. The molecule has 0 unspecified atom stereocenters. The number of hydrogen-bond donors (Lipinski definition) is 2. The van der Waals surface area contributed by atoms with Gasteiger partial charge in [0.05, 0.1) is 26.0 Å². The van der Waals surface area contributed by atoms with Crippen LogP contribution in [-0.4, -0.2) is 48.2 Å². The zero-order valence-corrected chi connectivity index (χ0v) is 11.8. The summed E-state index contributed by atoms with van der Waals surface area (Å²) in [6, 6.07) is 8.69. The second kappa shape index (κ2) is 5.57. The van der Waals surface area contributed by atoms with Crippen molar-refractivity contribution in [2.24, 2.45) is 0 Å². The molecule has 0 radical (unpaired) electrons. The number of anilines is 1. The van der Waals surface area contributed by atoms with Gasteiger partial charge in [0.25, 0.3) is 0 Å². The molecule has 1 aliphatic rings. The Hall–Kier alpha value is -2.34. The molecular weight excluding hydrogens is 272 g/mol. The lowest BCUT2D eigenvalue weighted by Crippen LogP contribution is -2.36. The van der Waals surface area contributed by atoms with Crippen LogP contribution in [-0.2, 0) is 4.74 Å². The first-order valence-electron chi connectivity index (χ1n) is 6.81. The Morgan fingerprint density at radius 3 is 2.38 bits per heavy atom. The van der Waals surface area contributed by atoms with Crippen molar-refractivity contribution in [3.8, 4) is 23.2 Å². The average molecular weight is 290 g/mol. The van der Waals surface area contributed by atoms with Crippen molar-refractivity contribution in [2.45, 2.75) is 0 Å². The molecule has 0 spiro atoms. The van der Waals surface area contributed by atoms with Gasteiger partial charge in [-0.3, -0.25) is 0 Å². The van der Waals surface area contributed by atoms with Gasteiger partial charge in [-0.15, -0.1) is 0 Å². The molecule has 0 atom stereocenters. The van der Waals surface area contributed by atoms with E-state index in [0.29, 0.717) is 37.7 Å². The van der Waals surface area contributed by atoms with E-state index in [0.717, 1.165) is 5.75 Å². The number of benzene rings is 1. The van der Waals surface area contributed by atoms with E-state index in [1.807, 2.05) is 4.90 Å². The quantitative estimate of drug-likeness (QED) is 0.901. The zero-order chi connectivity index (χ0) is 14.8. The minimum atomic E-state index is -0.000779. The smallest absolute Gasteiger partial charge is 0.223 e. The van der Waals surface area contributed by atoms with Crippen LogP contribution >= 0.6 is 0 Å². The summed E-state index contributed by atoms with van der Waals surface area (Å²) < 4.78 is 11.8. The van der Waals surface area contributed by atoms with Crippen molar-refractivity contribution in [2.75, 3.05) is 38.3 Å². The molecular formula is C15H18N2O4. The molecule has 6 nitrogen and oxygen atoms in total. The molecule has 2 heterocycles. The van der Waals surface area contributed by atoms with E-state index in [4.69, 9.17) is 9.47 Å². The Balaban J connectivity index is 1.96. The van der Waals surface area contributed by atoms with Crippen LogP contribution in [0.1, 0.15) is 0 Å². The Morgan fingerprint density at radius 1 is 1.10 bits per heavy atom. The highest BCUT2D eigenvalue weighted by molar-refractivity contribution is 5.63. The lowest BCUT2D eigenvalue weighted by molar-refractivity contribution is 0.122. The molecule has 6 heteroatoms. The van der Waals surface area contributed by atoms with Crippen LogP contribution in [0.3, 0.4) is 0 Å². The predicted molar refractivity (Wildman–Crippen MR) is 78.7 cm³/mol. The molecule has 0 aliphatic carbocycles. The lowest BCUT2D eigenvalue weighted by atomic mass is 10.3. The van der Waals surface area contributed by atoms with Gasteiger partial charge in [0.2, 0.25) is 11.8 Å². The lowest BCUT2D eigenvalue weighted by Gasteiger charge is -2.27. The Morgan fingerprint density at radius 2 is 1.76 bits per heavy atom. The summed E-state index contributed by atoms with van der Waals surface area (Å²) in [4.78, 5) is 2.00. The van der Waals surface area contributed by atoms with Gasteiger partial charge in [0.15, 0.2) is 0 Å². The first-order chi connectivity index (χ1) is 10.2.